The first-order valence-corrected chi connectivity index (χ1v) is 11.5. The third kappa shape index (κ3) is 5.84. The van der Waals surface area contributed by atoms with Gasteiger partial charge in [0.05, 0.1) is 24.5 Å². The first-order chi connectivity index (χ1) is 16.8. The molecule has 2 aliphatic rings. The van der Waals surface area contributed by atoms with Gasteiger partial charge in [-0.1, -0.05) is 0 Å². The van der Waals surface area contributed by atoms with Gasteiger partial charge in [0.25, 0.3) is 0 Å². The number of anilines is 3. The van der Waals surface area contributed by atoms with Crippen LogP contribution in [0.5, 0.6) is 0 Å². The Morgan fingerprint density at radius 1 is 1.09 bits per heavy atom. The number of carbonyl (C=O) groups is 2. The molecule has 2 aliphatic heterocycles. The number of alkyl halides is 3. The van der Waals surface area contributed by atoms with E-state index in [1.54, 1.807) is 12.0 Å². The van der Waals surface area contributed by atoms with Crippen molar-refractivity contribution in [2.75, 3.05) is 41.9 Å². The molecule has 0 aliphatic carbocycles. The number of carbonyl (C=O) groups excluding carboxylic acids is 2. The van der Waals surface area contributed by atoms with Gasteiger partial charge in [0.2, 0.25) is 5.91 Å². The molecule has 0 spiro atoms. The van der Waals surface area contributed by atoms with Gasteiger partial charge in [-0.2, -0.15) is 13.2 Å². The van der Waals surface area contributed by atoms with Gasteiger partial charge in [-0.25, -0.2) is 9.78 Å². The molecule has 0 bridgehead atoms. The van der Waals surface area contributed by atoms with Crippen LogP contribution in [0.1, 0.15) is 31.4 Å². The van der Waals surface area contributed by atoms with E-state index in [9.17, 15) is 22.8 Å². The van der Waals surface area contributed by atoms with Crippen molar-refractivity contribution in [1.82, 2.24) is 10.3 Å². The molecule has 0 unspecified atom stereocenters. The summed E-state index contributed by atoms with van der Waals surface area (Å²) in [6.45, 7) is 2.17. The Kier molecular flexibility index (Phi) is 7.44. The number of piperidine rings is 1. The Balaban J connectivity index is 1.36. The highest BCUT2D eigenvalue weighted by molar-refractivity contribution is 6.01. The fourth-order valence-electron chi connectivity index (χ4n) is 4.59. The van der Waals surface area contributed by atoms with E-state index in [2.05, 4.69) is 20.5 Å². The fraction of sp³-hybridized carbons (Fsp3) is 0.458. The maximum Gasteiger partial charge on any atom is 0.433 e. The Hall–Kier alpha value is -3.34. The molecule has 4 rings (SSSR count). The van der Waals surface area contributed by atoms with E-state index in [1.165, 1.54) is 0 Å². The van der Waals surface area contributed by atoms with Crippen LogP contribution in [0.2, 0.25) is 0 Å². The van der Waals surface area contributed by atoms with Crippen molar-refractivity contribution < 1.29 is 27.5 Å². The second kappa shape index (κ2) is 10.5. The zero-order chi connectivity index (χ0) is 25.0. The van der Waals surface area contributed by atoms with Gasteiger partial charge in [-0.05, 0) is 62.1 Å². The Morgan fingerprint density at radius 2 is 1.80 bits per heavy atom. The molecule has 8 nitrogen and oxygen atoms in total. The largest absolute Gasteiger partial charge is 0.433 e. The third-order valence-electron chi connectivity index (χ3n) is 6.28. The first-order valence-electron chi connectivity index (χ1n) is 11.5. The van der Waals surface area contributed by atoms with Gasteiger partial charge >= 0.3 is 12.2 Å². The number of rotatable bonds is 6. The van der Waals surface area contributed by atoms with Crippen LogP contribution in [0.4, 0.5) is 35.0 Å². The molecule has 0 radical (unpaired) electrons. The lowest BCUT2D eigenvalue weighted by Gasteiger charge is -2.33. The molecule has 2 atom stereocenters. The van der Waals surface area contributed by atoms with Crippen molar-refractivity contribution in [2.45, 2.75) is 43.9 Å². The van der Waals surface area contributed by atoms with Gasteiger partial charge in [-0.15, -0.1) is 0 Å². The Bertz CT molecular complexity index is 1030. The minimum atomic E-state index is -4.56. The minimum Gasteiger partial charge on any atom is -0.383 e. The molecule has 2 fully saturated rings. The zero-order valence-electron chi connectivity index (χ0n) is 19.3. The van der Waals surface area contributed by atoms with E-state index in [4.69, 9.17) is 4.74 Å². The molecule has 188 valence electrons. The molecule has 35 heavy (non-hydrogen) atoms. The van der Waals surface area contributed by atoms with Gasteiger partial charge in [-0.3, -0.25) is 4.79 Å². The quantitative estimate of drug-likeness (QED) is 0.637. The number of aromatic nitrogens is 1. The SMILES string of the molecule is COC[C@@H]1CCCN1c1ccc(N2CCC[C@@H](NC(=O)Nc3ccc(C(F)(F)F)nc3)C2=O)cc1. The lowest BCUT2D eigenvalue weighted by atomic mass is 10.0. The summed E-state index contributed by atoms with van der Waals surface area (Å²) < 4.78 is 43.3. The molecule has 2 saturated heterocycles. The van der Waals surface area contributed by atoms with Crippen LogP contribution in [0.3, 0.4) is 0 Å². The van der Waals surface area contributed by atoms with Crippen molar-refractivity contribution >= 4 is 29.0 Å². The molecular formula is C24H28F3N5O3. The standard InChI is InChI=1S/C24H28F3N5O3/c1-35-15-19-4-2-12-31(19)17-7-9-18(10-8-17)32-13-3-5-20(22(32)33)30-23(34)29-16-6-11-21(28-14-16)24(25,26)27/h6-11,14,19-20H,2-5,12-13,15H2,1H3,(H2,29,30,34)/t19-,20+/m0/s1. The molecule has 3 heterocycles. The number of hydrogen-bond donors (Lipinski definition) is 2. The van der Waals surface area contributed by atoms with Gasteiger partial charge in [0.15, 0.2) is 0 Å². The van der Waals surface area contributed by atoms with E-state index in [0.717, 1.165) is 49.1 Å². The second-order valence-electron chi connectivity index (χ2n) is 8.67. The summed E-state index contributed by atoms with van der Waals surface area (Å²) in [4.78, 5) is 32.7. The van der Waals surface area contributed by atoms with Crippen molar-refractivity contribution in [1.29, 1.82) is 0 Å². The van der Waals surface area contributed by atoms with Gasteiger partial charge < -0.3 is 25.2 Å². The normalized spacial score (nSPS) is 20.7. The number of amides is 3. The van der Waals surface area contributed by atoms with Crippen LogP contribution in [-0.2, 0) is 15.7 Å². The molecule has 1 aromatic heterocycles. The van der Waals surface area contributed by atoms with E-state index in [1.807, 2.05) is 24.3 Å². The monoisotopic (exact) mass is 491 g/mol. The number of benzene rings is 1. The minimum absolute atomic E-state index is 0.0971. The van der Waals surface area contributed by atoms with E-state index in [0.29, 0.717) is 32.0 Å². The predicted molar refractivity (Wildman–Crippen MR) is 125 cm³/mol. The summed E-state index contributed by atoms with van der Waals surface area (Å²) in [6, 6.07) is 8.63. The average Bonchev–Trinajstić information content (AvgIpc) is 3.29. The van der Waals surface area contributed by atoms with Crippen LogP contribution in [0.15, 0.2) is 42.6 Å². The Labute approximate surface area is 201 Å². The van der Waals surface area contributed by atoms with Crippen LogP contribution in [-0.4, -0.2) is 55.8 Å². The molecule has 2 aromatic rings. The summed E-state index contributed by atoms with van der Waals surface area (Å²) in [5.41, 5.74) is 0.878. The number of urea groups is 1. The smallest absolute Gasteiger partial charge is 0.383 e. The number of methoxy groups -OCH3 is 1. The van der Waals surface area contributed by atoms with Crippen LogP contribution in [0, 0.1) is 0 Å². The van der Waals surface area contributed by atoms with E-state index < -0.39 is 23.9 Å². The van der Waals surface area contributed by atoms with E-state index in [-0.39, 0.29) is 11.6 Å². The van der Waals surface area contributed by atoms with Crippen LogP contribution < -0.4 is 20.4 Å². The summed E-state index contributed by atoms with van der Waals surface area (Å²) in [5, 5.41) is 5.05. The highest BCUT2D eigenvalue weighted by Gasteiger charge is 2.33. The van der Waals surface area contributed by atoms with Crippen molar-refractivity contribution in [2.24, 2.45) is 0 Å². The summed E-state index contributed by atoms with van der Waals surface area (Å²) in [5.74, 6) is -0.233. The summed E-state index contributed by atoms with van der Waals surface area (Å²) in [6.07, 6.45) is -0.273. The highest BCUT2D eigenvalue weighted by Crippen LogP contribution is 2.30. The first kappa shape index (κ1) is 24.8. The maximum atomic E-state index is 13.1. The lowest BCUT2D eigenvalue weighted by molar-refractivity contribution is -0.141. The van der Waals surface area contributed by atoms with Crippen molar-refractivity contribution in [3.63, 3.8) is 0 Å². The molecule has 1 aromatic carbocycles. The lowest BCUT2D eigenvalue weighted by Crippen LogP contribution is -2.53. The number of pyridine rings is 1. The molecular weight excluding hydrogens is 463 g/mol. The summed E-state index contributed by atoms with van der Waals surface area (Å²) >= 11 is 0. The third-order valence-corrected chi connectivity index (χ3v) is 6.28. The number of ether oxygens (including phenoxy) is 1. The predicted octanol–water partition coefficient (Wildman–Crippen LogP) is 4.03. The van der Waals surface area contributed by atoms with Gasteiger partial charge in [0.1, 0.15) is 11.7 Å². The molecule has 0 saturated carbocycles. The van der Waals surface area contributed by atoms with Crippen molar-refractivity contribution in [3.05, 3.63) is 48.3 Å². The second-order valence-corrected chi connectivity index (χ2v) is 8.67. The fourth-order valence-corrected chi connectivity index (χ4v) is 4.59. The number of hydrogen-bond acceptors (Lipinski definition) is 5. The zero-order valence-corrected chi connectivity index (χ0v) is 19.3. The number of nitrogens with zero attached hydrogens (tertiary/aromatic N) is 3. The maximum absolute atomic E-state index is 13.1. The highest BCUT2D eigenvalue weighted by atomic mass is 19.4. The van der Waals surface area contributed by atoms with Crippen LogP contribution in [0.25, 0.3) is 0 Å². The Morgan fingerprint density at radius 3 is 2.46 bits per heavy atom. The molecule has 2 N–H and O–H groups in total. The summed E-state index contributed by atoms with van der Waals surface area (Å²) in [7, 11) is 1.70. The molecule has 11 heteroatoms. The van der Waals surface area contributed by atoms with Crippen molar-refractivity contribution in [3.8, 4) is 0 Å². The van der Waals surface area contributed by atoms with Crippen LogP contribution >= 0.6 is 0 Å². The number of nitrogens with one attached hydrogen (secondary N) is 2. The molecule has 3 amide bonds. The topological polar surface area (TPSA) is 86.8 Å². The van der Waals surface area contributed by atoms with Gasteiger partial charge in [0, 0.05) is 31.6 Å². The van der Waals surface area contributed by atoms with E-state index >= 15 is 0 Å². The number of halogens is 3. The average molecular weight is 492 g/mol.